The second kappa shape index (κ2) is 6.34. The van der Waals surface area contributed by atoms with Crippen molar-refractivity contribution in [1.82, 2.24) is 4.90 Å². The molecular formula is C19H28N2O2S. The molecule has 0 spiro atoms. The number of rotatable bonds is 4. The first-order chi connectivity index (χ1) is 11.6. The maximum atomic E-state index is 12.0. The molecule has 3 fully saturated rings. The van der Waals surface area contributed by atoms with Crippen molar-refractivity contribution in [3.63, 3.8) is 0 Å². The van der Waals surface area contributed by atoms with Crippen molar-refractivity contribution in [3.05, 3.63) is 24.3 Å². The van der Waals surface area contributed by atoms with E-state index in [1.807, 2.05) is 12.1 Å². The van der Waals surface area contributed by atoms with Crippen LogP contribution in [0.1, 0.15) is 39.0 Å². The molecule has 1 aromatic carbocycles. The first-order valence-electron chi connectivity index (χ1n) is 9.42. The van der Waals surface area contributed by atoms with Crippen LogP contribution >= 0.6 is 0 Å². The number of hydrogen-bond acceptors (Lipinski definition) is 4. The summed E-state index contributed by atoms with van der Waals surface area (Å²) >= 11 is 0. The van der Waals surface area contributed by atoms with Crippen molar-refractivity contribution in [1.29, 1.82) is 0 Å². The summed E-state index contributed by atoms with van der Waals surface area (Å²) in [4.78, 5) is 5.70. The van der Waals surface area contributed by atoms with Crippen molar-refractivity contribution in [2.75, 3.05) is 30.3 Å². The molecule has 24 heavy (non-hydrogen) atoms. The van der Waals surface area contributed by atoms with Gasteiger partial charge in [-0.3, -0.25) is 4.90 Å². The van der Waals surface area contributed by atoms with Gasteiger partial charge in [-0.1, -0.05) is 6.92 Å². The van der Waals surface area contributed by atoms with Gasteiger partial charge in [0.25, 0.3) is 0 Å². The Bertz CT molecular complexity index is 682. The van der Waals surface area contributed by atoms with E-state index in [9.17, 15) is 8.42 Å². The second-order valence-corrected chi connectivity index (χ2v) is 9.85. The van der Waals surface area contributed by atoms with E-state index in [1.165, 1.54) is 44.3 Å². The molecule has 132 valence electrons. The van der Waals surface area contributed by atoms with Crippen molar-refractivity contribution in [2.45, 2.75) is 56.0 Å². The Kier molecular flexibility index (Phi) is 4.33. The summed E-state index contributed by atoms with van der Waals surface area (Å²) in [5, 5.41) is 0. The number of nitrogens with zero attached hydrogens (tertiary/aromatic N) is 2. The fourth-order valence-corrected chi connectivity index (χ4v) is 5.45. The van der Waals surface area contributed by atoms with Crippen LogP contribution in [-0.4, -0.2) is 50.8 Å². The molecule has 4 rings (SSSR count). The van der Waals surface area contributed by atoms with Gasteiger partial charge in [-0.25, -0.2) is 8.42 Å². The maximum Gasteiger partial charge on any atom is 0.178 e. The molecule has 5 heteroatoms. The third-order valence-corrected chi connectivity index (χ3v) is 7.82. The highest BCUT2D eigenvalue weighted by molar-refractivity contribution is 7.91. The number of benzene rings is 1. The van der Waals surface area contributed by atoms with E-state index in [4.69, 9.17) is 0 Å². The van der Waals surface area contributed by atoms with Gasteiger partial charge in [-0.05, 0) is 68.8 Å². The minimum Gasteiger partial charge on any atom is -0.371 e. The van der Waals surface area contributed by atoms with Crippen LogP contribution in [0, 0.1) is 5.92 Å². The number of hydrogen-bond donors (Lipinski definition) is 0. The van der Waals surface area contributed by atoms with Gasteiger partial charge in [0.2, 0.25) is 0 Å². The van der Waals surface area contributed by atoms with Gasteiger partial charge in [-0.15, -0.1) is 0 Å². The van der Waals surface area contributed by atoms with E-state index in [0.29, 0.717) is 4.90 Å². The predicted molar refractivity (Wildman–Crippen MR) is 97.2 cm³/mol. The molecule has 1 aromatic rings. The third kappa shape index (κ3) is 3.08. The standard InChI is InChI=1S/C19H28N2O2S/c1-2-24(22,23)18-9-7-16(8-10-18)20-13-11-19-15(14-20)4-3-12-21(19)17-5-6-17/h7-10,15,17,19H,2-6,11-14H2,1H3. The lowest BCUT2D eigenvalue weighted by atomic mass is 9.83. The highest BCUT2D eigenvalue weighted by Gasteiger charge is 2.41. The van der Waals surface area contributed by atoms with E-state index in [2.05, 4.69) is 9.80 Å². The second-order valence-electron chi connectivity index (χ2n) is 7.57. The van der Waals surface area contributed by atoms with Crippen LogP contribution in [0.5, 0.6) is 0 Å². The summed E-state index contributed by atoms with van der Waals surface area (Å²) in [7, 11) is -3.10. The Morgan fingerprint density at radius 2 is 1.79 bits per heavy atom. The smallest absolute Gasteiger partial charge is 0.178 e. The zero-order chi connectivity index (χ0) is 16.7. The number of fused-ring (bicyclic) bond motifs is 1. The highest BCUT2D eigenvalue weighted by atomic mass is 32.2. The molecule has 3 aliphatic rings. The van der Waals surface area contributed by atoms with Gasteiger partial charge < -0.3 is 4.90 Å². The Morgan fingerprint density at radius 1 is 1.04 bits per heavy atom. The lowest BCUT2D eigenvalue weighted by Crippen LogP contribution is -2.54. The molecule has 1 aliphatic carbocycles. The molecule has 0 bridgehead atoms. The predicted octanol–water partition coefficient (Wildman–Crippen LogP) is 2.93. The molecule has 0 N–H and O–H groups in total. The summed E-state index contributed by atoms with van der Waals surface area (Å²) in [6.45, 7) is 5.20. The molecule has 0 radical (unpaired) electrons. The quantitative estimate of drug-likeness (QED) is 0.839. The number of sulfone groups is 1. The summed E-state index contributed by atoms with van der Waals surface area (Å²) in [5.74, 6) is 0.934. The highest BCUT2D eigenvalue weighted by Crippen LogP contribution is 2.39. The monoisotopic (exact) mass is 348 g/mol. The minimum absolute atomic E-state index is 0.164. The normalized spacial score (nSPS) is 28.6. The SMILES string of the molecule is CCS(=O)(=O)c1ccc(N2CCC3C(CCCN3C3CC3)C2)cc1. The average molecular weight is 349 g/mol. The molecule has 0 aromatic heterocycles. The van der Waals surface area contributed by atoms with Gasteiger partial charge in [-0.2, -0.15) is 0 Å². The summed E-state index contributed by atoms with van der Waals surface area (Å²) in [5.41, 5.74) is 1.17. The van der Waals surface area contributed by atoms with Gasteiger partial charge in [0, 0.05) is 30.9 Å². The van der Waals surface area contributed by atoms with Gasteiger partial charge >= 0.3 is 0 Å². The van der Waals surface area contributed by atoms with E-state index in [-0.39, 0.29) is 5.75 Å². The number of piperidine rings is 2. The van der Waals surface area contributed by atoms with E-state index in [0.717, 1.165) is 31.1 Å². The fraction of sp³-hybridized carbons (Fsp3) is 0.684. The zero-order valence-corrected chi connectivity index (χ0v) is 15.3. The molecule has 2 atom stereocenters. The largest absolute Gasteiger partial charge is 0.371 e. The molecule has 0 amide bonds. The van der Waals surface area contributed by atoms with Gasteiger partial charge in [0.1, 0.15) is 0 Å². The molecule has 2 aliphatic heterocycles. The maximum absolute atomic E-state index is 12.0. The summed E-state index contributed by atoms with van der Waals surface area (Å²) in [6.07, 6.45) is 6.72. The van der Waals surface area contributed by atoms with Crippen molar-refractivity contribution >= 4 is 15.5 Å². The average Bonchev–Trinajstić information content (AvgIpc) is 3.46. The van der Waals surface area contributed by atoms with Crippen LogP contribution in [-0.2, 0) is 9.84 Å². The summed E-state index contributed by atoms with van der Waals surface area (Å²) in [6, 6.07) is 9.19. The van der Waals surface area contributed by atoms with E-state index in [1.54, 1.807) is 19.1 Å². The van der Waals surface area contributed by atoms with Crippen LogP contribution < -0.4 is 4.90 Å². The van der Waals surface area contributed by atoms with Crippen LogP contribution in [0.4, 0.5) is 5.69 Å². The Morgan fingerprint density at radius 3 is 2.46 bits per heavy atom. The topological polar surface area (TPSA) is 40.6 Å². The molecular weight excluding hydrogens is 320 g/mol. The van der Waals surface area contributed by atoms with Crippen LogP contribution in [0.3, 0.4) is 0 Å². The van der Waals surface area contributed by atoms with E-state index >= 15 is 0 Å². The minimum atomic E-state index is -3.10. The van der Waals surface area contributed by atoms with Crippen molar-refractivity contribution in [3.8, 4) is 0 Å². The Balaban J connectivity index is 1.46. The fourth-order valence-electron chi connectivity index (χ4n) is 4.57. The number of anilines is 1. The third-order valence-electron chi connectivity index (χ3n) is 6.07. The lowest BCUT2D eigenvalue weighted by molar-refractivity contribution is 0.0698. The molecule has 2 heterocycles. The molecule has 1 saturated carbocycles. The van der Waals surface area contributed by atoms with Crippen LogP contribution in [0.2, 0.25) is 0 Å². The van der Waals surface area contributed by atoms with Crippen molar-refractivity contribution in [2.24, 2.45) is 5.92 Å². The molecule has 2 saturated heterocycles. The molecule has 2 unspecified atom stereocenters. The van der Waals surface area contributed by atoms with Gasteiger partial charge in [0.15, 0.2) is 9.84 Å². The van der Waals surface area contributed by atoms with Crippen molar-refractivity contribution < 1.29 is 8.42 Å². The first-order valence-corrected chi connectivity index (χ1v) is 11.1. The van der Waals surface area contributed by atoms with Crippen LogP contribution in [0.25, 0.3) is 0 Å². The molecule has 4 nitrogen and oxygen atoms in total. The summed E-state index contributed by atoms with van der Waals surface area (Å²) < 4.78 is 23.9. The zero-order valence-electron chi connectivity index (χ0n) is 14.5. The number of likely N-dealkylation sites (tertiary alicyclic amines) is 1. The Labute approximate surface area is 145 Å². The lowest BCUT2D eigenvalue weighted by Gasteiger charge is -2.48. The van der Waals surface area contributed by atoms with Crippen LogP contribution in [0.15, 0.2) is 29.2 Å². The first kappa shape index (κ1) is 16.4. The van der Waals surface area contributed by atoms with E-state index < -0.39 is 9.84 Å². The van der Waals surface area contributed by atoms with Gasteiger partial charge in [0.05, 0.1) is 10.6 Å². The Hall–Kier alpha value is -1.07.